The third-order valence-electron chi connectivity index (χ3n) is 3.50. The minimum absolute atomic E-state index is 0.0646. The molecule has 0 radical (unpaired) electrons. The smallest absolute Gasteiger partial charge is 0.242 e. The van der Waals surface area contributed by atoms with E-state index < -0.39 is 23.8 Å². The second-order valence-corrected chi connectivity index (χ2v) is 5.44. The number of amides is 3. The molecule has 4 N–H and O–H groups in total. The van der Waals surface area contributed by atoms with Crippen LogP contribution in [0.4, 0.5) is 0 Å². The molecule has 1 atom stereocenters. The molecule has 2 aromatic rings. The minimum atomic E-state index is -1.01. The molecule has 0 aliphatic carbocycles. The molecule has 0 bridgehead atoms. The predicted molar refractivity (Wildman–Crippen MR) is 89.6 cm³/mol. The Morgan fingerprint density at radius 2 is 1.88 bits per heavy atom. The van der Waals surface area contributed by atoms with Crippen molar-refractivity contribution in [2.75, 3.05) is 7.05 Å². The highest BCUT2D eigenvalue weighted by Gasteiger charge is 2.23. The quantitative estimate of drug-likeness (QED) is 0.606. The highest BCUT2D eigenvalue weighted by molar-refractivity contribution is 5.91. The van der Waals surface area contributed by atoms with Crippen molar-refractivity contribution in [3.8, 4) is 5.69 Å². The fraction of sp³-hybridized carbons (Fsp3) is 0.312. The van der Waals surface area contributed by atoms with Gasteiger partial charge in [-0.3, -0.25) is 14.4 Å². The molecule has 0 unspecified atom stereocenters. The van der Waals surface area contributed by atoms with Crippen molar-refractivity contribution >= 4 is 17.7 Å². The molecule has 25 heavy (non-hydrogen) atoms. The maximum atomic E-state index is 12.2. The molecule has 0 spiro atoms. The highest BCUT2D eigenvalue weighted by atomic mass is 16.2. The number of nitrogens with two attached hydrogens (primary N) is 1. The molecule has 9 nitrogen and oxygen atoms in total. The number of hydrogen-bond donors (Lipinski definition) is 3. The fourth-order valence-corrected chi connectivity index (χ4v) is 2.23. The van der Waals surface area contributed by atoms with Gasteiger partial charge in [0.05, 0.1) is 29.9 Å². The average molecular weight is 344 g/mol. The van der Waals surface area contributed by atoms with Gasteiger partial charge < -0.3 is 16.4 Å². The second-order valence-electron chi connectivity index (χ2n) is 5.44. The van der Waals surface area contributed by atoms with Crippen LogP contribution in [0, 0.1) is 6.92 Å². The van der Waals surface area contributed by atoms with Crippen LogP contribution < -0.4 is 16.4 Å². The molecule has 0 aliphatic rings. The Labute approximate surface area is 144 Å². The standard InChI is InChI=1S/C16H20N6O3/c1-10-12(21-22(20-10)11-6-4-3-5-7-11)9-15(24)19-13(8-14(17)23)16(25)18-2/h3-7,13H,8-9H2,1-2H3,(H2,17,23)(H,18,25)(H,19,24)/t13-/m0/s1. The number of nitrogens with one attached hydrogen (secondary N) is 2. The largest absolute Gasteiger partial charge is 0.370 e. The van der Waals surface area contributed by atoms with E-state index in [1.54, 1.807) is 6.92 Å². The van der Waals surface area contributed by atoms with Gasteiger partial charge >= 0.3 is 0 Å². The van der Waals surface area contributed by atoms with Crippen molar-refractivity contribution in [2.24, 2.45) is 5.73 Å². The lowest BCUT2D eigenvalue weighted by molar-refractivity contribution is -0.130. The molecule has 2 rings (SSSR count). The van der Waals surface area contributed by atoms with Gasteiger partial charge in [-0.05, 0) is 19.1 Å². The molecular weight excluding hydrogens is 324 g/mol. The van der Waals surface area contributed by atoms with Crippen LogP contribution in [0.2, 0.25) is 0 Å². The Morgan fingerprint density at radius 1 is 1.20 bits per heavy atom. The van der Waals surface area contributed by atoms with E-state index in [1.165, 1.54) is 11.8 Å². The van der Waals surface area contributed by atoms with E-state index in [2.05, 4.69) is 20.8 Å². The number of primary amides is 1. The van der Waals surface area contributed by atoms with Crippen LogP contribution in [0.1, 0.15) is 17.8 Å². The Balaban J connectivity index is 2.08. The number of nitrogens with zero attached hydrogens (tertiary/aromatic N) is 3. The first-order valence-electron chi connectivity index (χ1n) is 7.68. The summed E-state index contributed by atoms with van der Waals surface area (Å²) in [5, 5.41) is 13.5. The zero-order valence-electron chi connectivity index (χ0n) is 14.0. The lowest BCUT2D eigenvalue weighted by Gasteiger charge is -2.15. The third-order valence-corrected chi connectivity index (χ3v) is 3.50. The summed E-state index contributed by atoms with van der Waals surface area (Å²) in [6, 6.07) is 8.28. The van der Waals surface area contributed by atoms with Crippen LogP contribution in [0.15, 0.2) is 30.3 Å². The number of benzene rings is 1. The van der Waals surface area contributed by atoms with Gasteiger partial charge in [0.15, 0.2) is 0 Å². The molecule has 0 saturated heterocycles. The van der Waals surface area contributed by atoms with E-state index in [4.69, 9.17) is 5.73 Å². The van der Waals surface area contributed by atoms with Crippen molar-refractivity contribution < 1.29 is 14.4 Å². The van der Waals surface area contributed by atoms with Gasteiger partial charge in [-0.15, -0.1) is 0 Å². The summed E-state index contributed by atoms with van der Waals surface area (Å²) >= 11 is 0. The Bertz CT molecular complexity index is 771. The van der Waals surface area contributed by atoms with E-state index in [0.29, 0.717) is 11.4 Å². The number of hydrogen-bond acceptors (Lipinski definition) is 5. The maximum absolute atomic E-state index is 12.2. The lowest BCUT2D eigenvalue weighted by Crippen LogP contribution is -2.48. The monoisotopic (exact) mass is 344 g/mol. The van der Waals surface area contributed by atoms with Crippen molar-refractivity contribution in [3.05, 3.63) is 41.7 Å². The molecule has 1 aromatic carbocycles. The summed E-state index contributed by atoms with van der Waals surface area (Å²) in [5.41, 5.74) is 6.97. The van der Waals surface area contributed by atoms with Gasteiger partial charge in [-0.2, -0.15) is 15.0 Å². The van der Waals surface area contributed by atoms with Crippen LogP contribution >= 0.6 is 0 Å². The zero-order valence-corrected chi connectivity index (χ0v) is 14.0. The van der Waals surface area contributed by atoms with E-state index in [9.17, 15) is 14.4 Å². The molecule has 9 heteroatoms. The van der Waals surface area contributed by atoms with Crippen LogP contribution in [0.3, 0.4) is 0 Å². The topological polar surface area (TPSA) is 132 Å². The Hall–Kier alpha value is -3.23. The molecule has 132 valence electrons. The number of para-hydroxylation sites is 1. The number of rotatable bonds is 7. The van der Waals surface area contributed by atoms with Crippen LogP contribution in [0.5, 0.6) is 0 Å². The fourth-order valence-electron chi connectivity index (χ4n) is 2.23. The van der Waals surface area contributed by atoms with Gasteiger partial charge in [0, 0.05) is 7.05 Å². The van der Waals surface area contributed by atoms with Crippen LogP contribution in [0.25, 0.3) is 5.69 Å². The summed E-state index contributed by atoms with van der Waals surface area (Å²) in [4.78, 5) is 36.4. The minimum Gasteiger partial charge on any atom is -0.370 e. The van der Waals surface area contributed by atoms with Crippen molar-refractivity contribution in [1.82, 2.24) is 25.6 Å². The summed E-state index contributed by atoms with van der Waals surface area (Å²) in [7, 11) is 1.41. The average Bonchev–Trinajstić information content (AvgIpc) is 2.94. The Morgan fingerprint density at radius 3 is 2.48 bits per heavy atom. The zero-order chi connectivity index (χ0) is 18.4. The van der Waals surface area contributed by atoms with E-state index in [0.717, 1.165) is 5.69 Å². The third kappa shape index (κ3) is 4.87. The summed E-state index contributed by atoms with van der Waals surface area (Å²) < 4.78 is 0. The van der Waals surface area contributed by atoms with Gasteiger partial charge in [-0.1, -0.05) is 18.2 Å². The van der Waals surface area contributed by atoms with Gasteiger partial charge in [-0.25, -0.2) is 0 Å². The van der Waals surface area contributed by atoms with Crippen molar-refractivity contribution in [2.45, 2.75) is 25.8 Å². The first-order chi connectivity index (χ1) is 11.9. The summed E-state index contributed by atoms with van der Waals surface area (Å²) in [6.07, 6.45) is -0.341. The first kappa shape index (κ1) is 18.1. The van der Waals surface area contributed by atoms with Gasteiger partial charge in [0.25, 0.3) is 0 Å². The Kier molecular flexibility index (Phi) is 5.83. The second kappa shape index (κ2) is 8.04. The van der Waals surface area contributed by atoms with Crippen molar-refractivity contribution in [1.29, 1.82) is 0 Å². The van der Waals surface area contributed by atoms with E-state index in [1.807, 2.05) is 30.3 Å². The van der Waals surface area contributed by atoms with E-state index >= 15 is 0 Å². The number of carbonyl (C=O) groups is 3. The first-order valence-corrected chi connectivity index (χ1v) is 7.68. The predicted octanol–water partition coefficient (Wildman–Crippen LogP) is -0.776. The molecule has 1 heterocycles. The van der Waals surface area contributed by atoms with E-state index in [-0.39, 0.29) is 12.8 Å². The SMILES string of the molecule is CNC(=O)[C@H](CC(N)=O)NC(=O)Cc1nn(-c2ccccc2)nc1C. The molecule has 3 amide bonds. The summed E-state index contributed by atoms with van der Waals surface area (Å²) in [5.74, 6) is -1.62. The number of aromatic nitrogens is 3. The van der Waals surface area contributed by atoms with Crippen molar-refractivity contribution in [3.63, 3.8) is 0 Å². The van der Waals surface area contributed by atoms with Crippen LogP contribution in [-0.2, 0) is 20.8 Å². The number of carbonyl (C=O) groups excluding carboxylic acids is 3. The number of aryl methyl sites for hydroxylation is 1. The van der Waals surface area contributed by atoms with Gasteiger partial charge in [0.1, 0.15) is 6.04 Å². The molecular formula is C16H20N6O3. The number of likely N-dealkylation sites (N-methyl/N-ethyl adjacent to an activating group) is 1. The van der Waals surface area contributed by atoms with Gasteiger partial charge in [0.2, 0.25) is 17.7 Å². The molecule has 0 saturated carbocycles. The molecule has 0 fully saturated rings. The maximum Gasteiger partial charge on any atom is 0.242 e. The molecule has 0 aliphatic heterocycles. The molecule has 1 aromatic heterocycles. The lowest BCUT2D eigenvalue weighted by atomic mass is 10.1. The summed E-state index contributed by atoms with van der Waals surface area (Å²) in [6.45, 7) is 1.74. The normalized spacial score (nSPS) is 11.6. The van der Waals surface area contributed by atoms with Crippen LogP contribution in [-0.4, -0.2) is 45.8 Å². The highest BCUT2D eigenvalue weighted by Crippen LogP contribution is 2.08.